The SMILES string of the molecule is CCc1cccc(S(=O)(=O)n2ccc(CC(=O)c3ccccn3)c2)c1. The summed E-state index contributed by atoms with van der Waals surface area (Å²) in [7, 11) is -3.66. The van der Waals surface area contributed by atoms with Crippen LogP contribution >= 0.6 is 0 Å². The van der Waals surface area contributed by atoms with Gasteiger partial charge in [-0.05, 0) is 47.9 Å². The highest BCUT2D eigenvalue weighted by Crippen LogP contribution is 2.18. The Labute approximate surface area is 147 Å². The zero-order valence-corrected chi connectivity index (χ0v) is 14.6. The van der Waals surface area contributed by atoms with Crippen molar-refractivity contribution in [3.05, 3.63) is 83.9 Å². The average Bonchev–Trinajstić information content (AvgIpc) is 3.12. The van der Waals surface area contributed by atoms with E-state index in [4.69, 9.17) is 0 Å². The number of hydrogen-bond donors (Lipinski definition) is 0. The lowest BCUT2D eigenvalue weighted by Gasteiger charge is -2.07. The molecule has 128 valence electrons. The van der Waals surface area contributed by atoms with E-state index in [0.717, 1.165) is 16.0 Å². The van der Waals surface area contributed by atoms with Crippen LogP contribution in [-0.4, -0.2) is 23.2 Å². The maximum Gasteiger partial charge on any atom is 0.267 e. The van der Waals surface area contributed by atoms with E-state index in [0.29, 0.717) is 11.3 Å². The van der Waals surface area contributed by atoms with E-state index in [-0.39, 0.29) is 17.1 Å². The Hall–Kier alpha value is -2.73. The van der Waals surface area contributed by atoms with Crippen molar-refractivity contribution >= 4 is 15.8 Å². The minimum absolute atomic E-state index is 0.106. The molecule has 0 radical (unpaired) electrons. The Morgan fingerprint density at radius 1 is 1.08 bits per heavy atom. The van der Waals surface area contributed by atoms with Crippen molar-refractivity contribution in [3.8, 4) is 0 Å². The highest BCUT2D eigenvalue weighted by Gasteiger charge is 2.18. The molecule has 0 aliphatic carbocycles. The van der Waals surface area contributed by atoms with Crippen LogP contribution in [0.1, 0.15) is 28.5 Å². The van der Waals surface area contributed by atoms with Crippen molar-refractivity contribution in [3.63, 3.8) is 0 Å². The van der Waals surface area contributed by atoms with Gasteiger partial charge in [0.2, 0.25) is 0 Å². The first-order valence-corrected chi connectivity index (χ1v) is 9.40. The molecule has 6 heteroatoms. The standard InChI is InChI=1S/C19H18N2O3S/c1-2-15-6-5-7-17(12-15)25(23,24)21-11-9-16(14-21)13-19(22)18-8-3-4-10-20-18/h3-12,14H,2,13H2,1H3. The van der Waals surface area contributed by atoms with Gasteiger partial charge in [0.05, 0.1) is 4.90 Å². The van der Waals surface area contributed by atoms with Gasteiger partial charge in [-0.1, -0.05) is 25.1 Å². The number of carbonyl (C=O) groups excluding carboxylic acids is 1. The maximum atomic E-state index is 12.7. The second-order valence-corrected chi connectivity index (χ2v) is 7.51. The number of Topliss-reactive ketones (excluding diaryl/α,β-unsaturated/α-hetero) is 1. The van der Waals surface area contributed by atoms with Crippen LogP contribution in [0.2, 0.25) is 0 Å². The Kier molecular flexibility index (Phi) is 4.81. The third kappa shape index (κ3) is 3.69. The summed E-state index contributed by atoms with van der Waals surface area (Å²) in [5.74, 6) is -0.149. The number of aryl methyl sites for hydroxylation is 1. The van der Waals surface area contributed by atoms with Gasteiger partial charge in [-0.15, -0.1) is 0 Å². The third-order valence-corrected chi connectivity index (χ3v) is 5.56. The maximum absolute atomic E-state index is 12.7. The number of benzene rings is 1. The van der Waals surface area contributed by atoms with Gasteiger partial charge in [0.15, 0.2) is 5.78 Å². The molecule has 0 aliphatic rings. The predicted molar refractivity (Wildman–Crippen MR) is 95.1 cm³/mol. The quantitative estimate of drug-likeness (QED) is 0.638. The number of aromatic nitrogens is 2. The summed E-state index contributed by atoms with van der Waals surface area (Å²) in [5, 5.41) is 0. The average molecular weight is 354 g/mol. The molecule has 0 aliphatic heterocycles. The van der Waals surface area contributed by atoms with Gasteiger partial charge in [0.1, 0.15) is 5.69 Å². The van der Waals surface area contributed by atoms with Gasteiger partial charge in [-0.3, -0.25) is 9.78 Å². The summed E-state index contributed by atoms with van der Waals surface area (Å²) >= 11 is 0. The molecule has 0 amide bonds. The molecule has 1 aromatic carbocycles. The monoisotopic (exact) mass is 354 g/mol. The highest BCUT2D eigenvalue weighted by molar-refractivity contribution is 7.90. The second kappa shape index (κ2) is 7.03. The van der Waals surface area contributed by atoms with Crippen LogP contribution in [0.15, 0.2) is 72.0 Å². The molecule has 0 atom stereocenters. The molecule has 3 rings (SSSR count). The first-order chi connectivity index (χ1) is 12.0. The largest absolute Gasteiger partial charge is 0.292 e. The van der Waals surface area contributed by atoms with Crippen LogP contribution in [0.4, 0.5) is 0 Å². The van der Waals surface area contributed by atoms with E-state index < -0.39 is 10.0 Å². The van der Waals surface area contributed by atoms with Crippen LogP contribution < -0.4 is 0 Å². The molecule has 5 nitrogen and oxygen atoms in total. The summed E-state index contributed by atoms with van der Waals surface area (Å²) in [6, 6.07) is 13.7. The zero-order valence-electron chi connectivity index (χ0n) is 13.8. The lowest BCUT2D eigenvalue weighted by atomic mass is 10.1. The normalized spacial score (nSPS) is 11.4. The molecule has 0 saturated heterocycles. The van der Waals surface area contributed by atoms with E-state index in [1.54, 1.807) is 48.7 Å². The van der Waals surface area contributed by atoms with Gasteiger partial charge in [0, 0.05) is 25.0 Å². The Morgan fingerprint density at radius 2 is 1.92 bits per heavy atom. The third-order valence-electron chi connectivity index (χ3n) is 3.93. The molecule has 0 saturated carbocycles. The van der Waals surface area contributed by atoms with Crippen molar-refractivity contribution in [1.29, 1.82) is 0 Å². The van der Waals surface area contributed by atoms with E-state index in [2.05, 4.69) is 4.98 Å². The topological polar surface area (TPSA) is 69.0 Å². The zero-order chi connectivity index (χ0) is 17.9. The molecule has 0 N–H and O–H groups in total. The number of pyridine rings is 1. The second-order valence-electron chi connectivity index (χ2n) is 5.67. The molecule has 0 fully saturated rings. The number of ketones is 1. The number of rotatable bonds is 6. The summed E-state index contributed by atoms with van der Waals surface area (Å²) in [5.41, 5.74) is 1.96. The molecule has 2 heterocycles. The Bertz CT molecular complexity index is 992. The number of hydrogen-bond acceptors (Lipinski definition) is 4. The Balaban J connectivity index is 1.84. The van der Waals surface area contributed by atoms with Gasteiger partial charge >= 0.3 is 0 Å². The molecular formula is C19H18N2O3S. The number of nitrogens with zero attached hydrogens (tertiary/aromatic N) is 2. The fraction of sp³-hybridized carbons (Fsp3) is 0.158. The van der Waals surface area contributed by atoms with E-state index >= 15 is 0 Å². The lowest BCUT2D eigenvalue weighted by molar-refractivity contribution is 0.0988. The summed E-state index contributed by atoms with van der Waals surface area (Å²) < 4.78 is 26.6. The molecule has 0 unspecified atom stereocenters. The van der Waals surface area contributed by atoms with Gasteiger partial charge < -0.3 is 0 Å². The van der Waals surface area contributed by atoms with Gasteiger partial charge in [-0.2, -0.15) is 0 Å². The van der Waals surface area contributed by atoms with Crippen LogP contribution in [-0.2, 0) is 22.9 Å². The van der Waals surface area contributed by atoms with E-state index in [9.17, 15) is 13.2 Å². The first-order valence-electron chi connectivity index (χ1n) is 7.96. The predicted octanol–water partition coefficient (Wildman–Crippen LogP) is 3.11. The molecule has 25 heavy (non-hydrogen) atoms. The van der Waals surface area contributed by atoms with Crippen LogP contribution in [0.3, 0.4) is 0 Å². The van der Waals surface area contributed by atoms with Crippen LogP contribution in [0.25, 0.3) is 0 Å². The van der Waals surface area contributed by atoms with E-state index in [1.165, 1.54) is 12.4 Å². The van der Waals surface area contributed by atoms with E-state index in [1.807, 2.05) is 13.0 Å². The number of carbonyl (C=O) groups is 1. The summed E-state index contributed by atoms with van der Waals surface area (Å²) in [6.45, 7) is 1.97. The summed E-state index contributed by atoms with van der Waals surface area (Å²) in [6.07, 6.45) is 5.38. The molecule has 0 spiro atoms. The van der Waals surface area contributed by atoms with Crippen molar-refractivity contribution < 1.29 is 13.2 Å². The highest BCUT2D eigenvalue weighted by atomic mass is 32.2. The summed E-state index contributed by atoms with van der Waals surface area (Å²) in [4.78, 5) is 16.5. The molecule has 3 aromatic rings. The smallest absolute Gasteiger partial charge is 0.267 e. The lowest BCUT2D eigenvalue weighted by Crippen LogP contribution is -2.11. The van der Waals surface area contributed by atoms with Crippen molar-refractivity contribution in [1.82, 2.24) is 8.96 Å². The minimum atomic E-state index is -3.66. The molecule has 0 bridgehead atoms. The fourth-order valence-corrected chi connectivity index (χ4v) is 3.81. The van der Waals surface area contributed by atoms with Gasteiger partial charge in [0.25, 0.3) is 10.0 Å². The van der Waals surface area contributed by atoms with Crippen molar-refractivity contribution in [2.45, 2.75) is 24.7 Å². The van der Waals surface area contributed by atoms with Gasteiger partial charge in [-0.25, -0.2) is 12.4 Å². The first kappa shape index (κ1) is 17.1. The van der Waals surface area contributed by atoms with Crippen LogP contribution in [0.5, 0.6) is 0 Å². The van der Waals surface area contributed by atoms with Crippen molar-refractivity contribution in [2.75, 3.05) is 0 Å². The Morgan fingerprint density at radius 3 is 2.64 bits per heavy atom. The van der Waals surface area contributed by atoms with Crippen LogP contribution in [0, 0.1) is 0 Å². The molecule has 2 aromatic heterocycles. The minimum Gasteiger partial charge on any atom is -0.292 e. The molecular weight excluding hydrogens is 336 g/mol. The fourth-order valence-electron chi connectivity index (χ4n) is 2.52. The van der Waals surface area contributed by atoms with Crippen molar-refractivity contribution in [2.24, 2.45) is 0 Å².